The van der Waals surface area contributed by atoms with Gasteiger partial charge in [0.15, 0.2) is 5.78 Å². The molecule has 0 spiro atoms. The quantitative estimate of drug-likeness (QED) is 0.774. The molecule has 0 bridgehead atoms. The summed E-state index contributed by atoms with van der Waals surface area (Å²) in [5.74, 6) is -0.267. The summed E-state index contributed by atoms with van der Waals surface area (Å²) in [7, 11) is 0. The highest BCUT2D eigenvalue weighted by Gasteiger charge is 2.11. The van der Waals surface area contributed by atoms with Crippen LogP contribution in [0.25, 0.3) is 0 Å². The smallest absolute Gasteiger partial charge is 0.169 e. The molecule has 0 N–H and O–H groups in total. The van der Waals surface area contributed by atoms with Crippen molar-refractivity contribution < 1.29 is 9.18 Å². The lowest BCUT2D eigenvalue weighted by Gasteiger charge is -2.07. The fourth-order valence-corrected chi connectivity index (χ4v) is 1.88. The first-order chi connectivity index (χ1) is 8.58. The SMILES string of the molecule is Cc1cc(F)ccc1CC(=O)c1cnccc1C. The monoisotopic (exact) mass is 243 g/mol. The Bertz CT molecular complexity index is 593. The van der Waals surface area contributed by atoms with Gasteiger partial charge in [-0.3, -0.25) is 9.78 Å². The van der Waals surface area contributed by atoms with Gasteiger partial charge in [-0.05, 0) is 48.7 Å². The molecule has 2 aromatic rings. The van der Waals surface area contributed by atoms with Crippen LogP contribution in [0.15, 0.2) is 36.7 Å². The summed E-state index contributed by atoms with van der Waals surface area (Å²) in [5, 5.41) is 0. The van der Waals surface area contributed by atoms with Crippen LogP contribution in [0.2, 0.25) is 0 Å². The molecule has 0 aliphatic heterocycles. The zero-order valence-corrected chi connectivity index (χ0v) is 10.4. The van der Waals surface area contributed by atoms with Crippen molar-refractivity contribution in [3.63, 3.8) is 0 Å². The molecular formula is C15H14FNO. The second-order valence-corrected chi connectivity index (χ2v) is 4.36. The number of carbonyl (C=O) groups is 1. The number of aromatic nitrogens is 1. The van der Waals surface area contributed by atoms with Gasteiger partial charge in [-0.2, -0.15) is 0 Å². The van der Waals surface area contributed by atoms with Crippen LogP contribution in [-0.4, -0.2) is 10.8 Å². The first-order valence-corrected chi connectivity index (χ1v) is 5.77. The summed E-state index contributed by atoms with van der Waals surface area (Å²) in [6, 6.07) is 6.30. The average Bonchev–Trinajstić information content (AvgIpc) is 2.33. The summed E-state index contributed by atoms with van der Waals surface area (Å²) >= 11 is 0. The van der Waals surface area contributed by atoms with Gasteiger partial charge in [-0.25, -0.2) is 4.39 Å². The number of Topliss-reactive ketones (excluding diaryl/α,β-unsaturated/α-hetero) is 1. The van der Waals surface area contributed by atoms with E-state index in [9.17, 15) is 9.18 Å². The van der Waals surface area contributed by atoms with Gasteiger partial charge in [-0.1, -0.05) is 6.07 Å². The van der Waals surface area contributed by atoms with Crippen molar-refractivity contribution >= 4 is 5.78 Å². The Labute approximate surface area is 105 Å². The third-order valence-corrected chi connectivity index (χ3v) is 3.00. The maximum absolute atomic E-state index is 13.0. The summed E-state index contributed by atoms with van der Waals surface area (Å²) in [5.41, 5.74) is 3.19. The van der Waals surface area contributed by atoms with Crippen LogP contribution in [0, 0.1) is 19.7 Å². The summed E-state index contributed by atoms with van der Waals surface area (Å²) in [6.45, 7) is 3.69. The molecule has 2 nitrogen and oxygen atoms in total. The maximum Gasteiger partial charge on any atom is 0.169 e. The molecule has 1 aromatic heterocycles. The molecule has 18 heavy (non-hydrogen) atoms. The first kappa shape index (κ1) is 12.4. The zero-order valence-electron chi connectivity index (χ0n) is 10.4. The first-order valence-electron chi connectivity index (χ1n) is 5.77. The highest BCUT2D eigenvalue weighted by Crippen LogP contribution is 2.15. The highest BCUT2D eigenvalue weighted by molar-refractivity contribution is 5.98. The summed E-state index contributed by atoms with van der Waals surface area (Å²) in [4.78, 5) is 16.1. The summed E-state index contributed by atoms with van der Waals surface area (Å²) in [6.07, 6.45) is 3.52. The van der Waals surface area contributed by atoms with Gasteiger partial charge in [0.05, 0.1) is 0 Å². The molecular weight excluding hydrogens is 229 g/mol. The Balaban J connectivity index is 2.24. The minimum Gasteiger partial charge on any atom is -0.294 e. The van der Waals surface area contributed by atoms with E-state index in [0.717, 1.165) is 16.7 Å². The number of ketones is 1. The number of hydrogen-bond donors (Lipinski definition) is 0. The molecule has 0 atom stereocenters. The predicted octanol–water partition coefficient (Wildman–Crippen LogP) is 3.26. The average molecular weight is 243 g/mol. The number of pyridine rings is 1. The molecule has 0 unspecified atom stereocenters. The Morgan fingerprint density at radius 3 is 2.67 bits per heavy atom. The van der Waals surface area contributed by atoms with Crippen molar-refractivity contribution in [1.82, 2.24) is 4.98 Å². The van der Waals surface area contributed by atoms with Crippen LogP contribution >= 0.6 is 0 Å². The van der Waals surface area contributed by atoms with Crippen LogP contribution in [0.3, 0.4) is 0 Å². The fourth-order valence-electron chi connectivity index (χ4n) is 1.88. The Hall–Kier alpha value is -2.03. The van der Waals surface area contributed by atoms with E-state index in [2.05, 4.69) is 4.98 Å². The van der Waals surface area contributed by atoms with Gasteiger partial charge < -0.3 is 0 Å². The van der Waals surface area contributed by atoms with Gasteiger partial charge in [-0.15, -0.1) is 0 Å². The van der Waals surface area contributed by atoms with Crippen LogP contribution in [0.5, 0.6) is 0 Å². The fraction of sp³-hybridized carbons (Fsp3) is 0.200. The minimum atomic E-state index is -0.277. The lowest BCUT2D eigenvalue weighted by atomic mass is 9.98. The number of halogens is 1. The topological polar surface area (TPSA) is 30.0 Å². The van der Waals surface area contributed by atoms with E-state index >= 15 is 0 Å². The second kappa shape index (κ2) is 5.08. The molecule has 0 saturated heterocycles. The van der Waals surface area contributed by atoms with Crippen LogP contribution in [0.1, 0.15) is 27.0 Å². The van der Waals surface area contributed by atoms with E-state index in [1.165, 1.54) is 12.1 Å². The normalized spacial score (nSPS) is 10.4. The lowest BCUT2D eigenvalue weighted by Crippen LogP contribution is -2.07. The van der Waals surface area contributed by atoms with Crippen LogP contribution < -0.4 is 0 Å². The number of aryl methyl sites for hydroxylation is 2. The third-order valence-electron chi connectivity index (χ3n) is 3.00. The van der Waals surface area contributed by atoms with Crippen molar-refractivity contribution in [1.29, 1.82) is 0 Å². The van der Waals surface area contributed by atoms with Crippen molar-refractivity contribution in [3.05, 3.63) is 64.7 Å². The molecule has 0 amide bonds. The third kappa shape index (κ3) is 2.62. The molecule has 0 saturated carbocycles. The number of hydrogen-bond acceptors (Lipinski definition) is 2. The molecule has 2 rings (SSSR count). The van der Waals surface area contributed by atoms with Gasteiger partial charge in [0, 0.05) is 24.4 Å². The van der Waals surface area contributed by atoms with Crippen molar-refractivity contribution in [2.45, 2.75) is 20.3 Å². The number of benzene rings is 1. The standard InChI is InChI=1S/C15H14FNO/c1-10-5-6-17-9-14(10)15(18)8-12-3-4-13(16)7-11(12)2/h3-7,9H,8H2,1-2H3. The highest BCUT2D eigenvalue weighted by atomic mass is 19.1. The second-order valence-electron chi connectivity index (χ2n) is 4.36. The number of carbonyl (C=O) groups excluding carboxylic acids is 1. The Morgan fingerprint density at radius 1 is 1.22 bits per heavy atom. The number of nitrogens with zero attached hydrogens (tertiary/aromatic N) is 1. The van der Waals surface area contributed by atoms with Crippen molar-refractivity contribution in [2.75, 3.05) is 0 Å². The van der Waals surface area contributed by atoms with E-state index in [1.807, 2.05) is 19.9 Å². The maximum atomic E-state index is 13.0. The van der Waals surface area contributed by atoms with E-state index in [0.29, 0.717) is 5.56 Å². The molecule has 0 aliphatic rings. The van der Waals surface area contributed by atoms with E-state index in [-0.39, 0.29) is 18.0 Å². The van der Waals surface area contributed by atoms with Gasteiger partial charge in [0.1, 0.15) is 5.82 Å². The largest absolute Gasteiger partial charge is 0.294 e. The van der Waals surface area contributed by atoms with Crippen LogP contribution in [-0.2, 0) is 6.42 Å². The Morgan fingerprint density at radius 2 is 2.00 bits per heavy atom. The molecule has 92 valence electrons. The van der Waals surface area contributed by atoms with E-state index < -0.39 is 0 Å². The van der Waals surface area contributed by atoms with Crippen molar-refractivity contribution in [3.8, 4) is 0 Å². The molecule has 0 aliphatic carbocycles. The summed E-state index contributed by atoms with van der Waals surface area (Å²) < 4.78 is 13.0. The predicted molar refractivity (Wildman–Crippen MR) is 68.1 cm³/mol. The Kier molecular flexibility index (Phi) is 3.51. The van der Waals surface area contributed by atoms with Crippen LogP contribution in [0.4, 0.5) is 4.39 Å². The van der Waals surface area contributed by atoms with Gasteiger partial charge in [0.25, 0.3) is 0 Å². The zero-order chi connectivity index (χ0) is 13.1. The van der Waals surface area contributed by atoms with Gasteiger partial charge in [0.2, 0.25) is 0 Å². The molecule has 1 aromatic carbocycles. The molecule has 3 heteroatoms. The number of rotatable bonds is 3. The minimum absolute atomic E-state index is 0.00954. The molecule has 0 radical (unpaired) electrons. The molecule has 0 fully saturated rings. The van der Waals surface area contributed by atoms with E-state index in [1.54, 1.807) is 18.5 Å². The molecule has 1 heterocycles. The van der Waals surface area contributed by atoms with E-state index in [4.69, 9.17) is 0 Å². The van der Waals surface area contributed by atoms with Crippen molar-refractivity contribution in [2.24, 2.45) is 0 Å². The van der Waals surface area contributed by atoms with Gasteiger partial charge >= 0.3 is 0 Å². The lowest BCUT2D eigenvalue weighted by molar-refractivity contribution is 0.0992.